The zero-order chi connectivity index (χ0) is 14.3. The molecule has 6 nitrogen and oxygen atoms in total. The molecule has 1 saturated heterocycles. The highest BCUT2D eigenvalue weighted by Crippen LogP contribution is 2.21. The van der Waals surface area contributed by atoms with Gasteiger partial charge in [-0.2, -0.15) is 0 Å². The summed E-state index contributed by atoms with van der Waals surface area (Å²) in [5.41, 5.74) is 0. The van der Waals surface area contributed by atoms with Crippen molar-refractivity contribution >= 4 is 5.97 Å². The number of carboxylic acids is 1. The molecule has 3 N–H and O–H groups in total. The molecule has 0 aromatic heterocycles. The standard InChI is InChI=1S/C13H24O6/c1-9-10(14)8-11(15)13(19-9)18-7-5-3-2-4-6-12(16)17/h9-11,13-15H,2-8H2,1H3,(H,16,17). The Kier molecular flexibility index (Phi) is 7.30. The Morgan fingerprint density at radius 3 is 2.58 bits per heavy atom. The molecule has 1 rings (SSSR count). The van der Waals surface area contributed by atoms with Gasteiger partial charge in [-0.05, 0) is 19.8 Å². The van der Waals surface area contributed by atoms with Crippen LogP contribution in [0.25, 0.3) is 0 Å². The van der Waals surface area contributed by atoms with Crippen LogP contribution in [0.15, 0.2) is 0 Å². The van der Waals surface area contributed by atoms with Crippen molar-refractivity contribution in [3.63, 3.8) is 0 Å². The number of ether oxygens (including phenoxy) is 2. The van der Waals surface area contributed by atoms with E-state index in [1.54, 1.807) is 6.92 Å². The van der Waals surface area contributed by atoms with Gasteiger partial charge in [0.15, 0.2) is 6.29 Å². The highest BCUT2D eigenvalue weighted by molar-refractivity contribution is 5.66. The van der Waals surface area contributed by atoms with Gasteiger partial charge in [0.25, 0.3) is 0 Å². The van der Waals surface area contributed by atoms with E-state index in [2.05, 4.69) is 0 Å². The number of carboxylic acid groups (broad SMARTS) is 1. The summed E-state index contributed by atoms with van der Waals surface area (Å²) in [5, 5.41) is 27.6. The molecule has 0 radical (unpaired) electrons. The van der Waals surface area contributed by atoms with Crippen LogP contribution in [0, 0.1) is 0 Å². The first kappa shape index (κ1) is 16.4. The Morgan fingerprint density at radius 2 is 1.89 bits per heavy atom. The van der Waals surface area contributed by atoms with Crippen LogP contribution in [0.2, 0.25) is 0 Å². The van der Waals surface area contributed by atoms with Crippen molar-refractivity contribution in [2.45, 2.75) is 70.1 Å². The maximum Gasteiger partial charge on any atom is 0.303 e. The van der Waals surface area contributed by atoms with Crippen LogP contribution in [0.3, 0.4) is 0 Å². The number of carbonyl (C=O) groups is 1. The molecule has 0 bridgehead atoms. The lowest BCUT2D eigenvalue weighted by Gasteiger charge is -2.35. The number of rotatable bonds is 8. The summed E-state index contributed by atoms with van der Waals surface area (Å²) < 4.78 is 10.8. The Bertz CT molecular complexity index is 270. The third-order valence-electron chi connectivity index (χ3n) is 3.25. The monoisotopic (exact) mass is 276 g/mol. The van der Waals surface area contributed by atoms with Crippen LogP contribution in [0.4, 0.5) is 0 Å². The van der Waals surface area contributed by atoms with Gasteiger partial charge in [0.2, 0.25) is 0 Å². The van der Waals surface area contributed by atoms with E-state index in [1.165, 1.54) is 0 Å². The fourth-order valence-corrected chi connectivity index (χ4v) is 2.02. The van der Waals surface area contributed by atoms with Crippen LogP contribution < -0.4 is 0 Å². The average molecular weight is 276 g/mol. The Labute approximate surface area is 113 Å². The third kappa shape index (κ3) is 6.33. The fourth-order valence-electron chi connectivity index (χ4n) is 2.02. The van der Waals surface area contributed by atoms with Crippen molar-refractivity contribution in [1.29, 1.82) is 0 Å². The summed E-state index contributed by atoms with van der Waals surface area (Å²) in [6.45, 7) is 2.22. The van der Waals surface area contributed by atoms with E-state index in [-0.39, 0.29) is 18.9 Å². The molecule has 0 saturated carbocycles. The van der Waals surface area contributed by atoms with Gasteiger partial charge in [0.05, 0.1) is 12.2 Å². The smallest absolute Gasteiger partial charge is 0.303 e. The summed E-state index contributed by atoms with van der Waals surface area (Å²) in [4.78, 5) is 10.3. The first-order chi connectivity index (χ1) is 9.00. The van der Waals surface area contributed by atoms with E-state index in [0.717, 1.165) is 19.3 Å². The van der Waals surface area contributed by atoms with Crippen molar-refractivity contribution in [2.24, 2.45) is 0 Å². The molecule has 0 aromatic rings. The third-order valence-corrected chi connectivity index (χ3v) is 3.25. The quantitative estimate of drug-likeness (QED) is 0.570. The molecular formula is C13H24O6. The zero-order valence-electron chi connectivity index (χ0n) is 11.3. The van der Waals surface area contributed by atoms with E-state index in [4.69, 9.17) is 14.6 Å². The van der Waals surface area contributed by atoms with E-state index in [0.29, 0.717) is 13.0 Å². The van der Waals surface area contributed by atoms with E-state index < -0.39 is 24.5 Å². The van der Waals surface area contributed by atoms with Crippen molar-refractivity contribution in [2.75, 3.05) is 6.61 Å². The number of aliphatic hydroxyl groups excluding tert-OH is 2. The predicted molar refractivity (Wildman–Crippen MR) is 67.6 cm³/mol. The highest BCUT2D eigenvalue weighted by Gasteiger charge is 2.34. The van der Waals surface area contributed by atoms with Gasteiger partial charge in [-0.3, -0.25) is 4.79 Å². The molecule has 0 amide bonds. The summed E-state index contributed by atoms with van der Waals surface area (Å²) >= 11 is 0. The van der Waals surface area contributed by atoms with Crippen molar-refractivity contribution in [1.82, 2.24) is 0 Å². The molecule has 1 aliphatic heterocycles. The molecule has 1 fully saturated rings. The first-order valence-corrected chi connectivity index (χ1v) is 6.85. The topological polar surface area (TPSA) is 96.2 Å². The molecular weight excluding hydrogens is 252 g/mol. The minimum absolute atomic E-state index is 0.209. The molecule has 19 heavy (non-hydrogen) atoms. The van der Waals surface area contributed by atoms with Crippen LogP contribution in [-0.2, 0) is 14.3 Å². The van der Waals surface area contributed by atoms with Gasteiger partial charge < -0.3 is 24.8 Å². The van der Waals surface area contributed by atoms with Crippen LogP contribution in [0.5, 0.6) is 0 Å². The summed E-state index contributed by atoms with van der Waals surface area (Å²) in [5.74, 6) is -0.762. The van der Waals surface area contributed by atoms with E-state index >= 15 is 0 Å². The van der Waals surface area contributed by atoms with Crippen LogP contribution >= 0.6 is 0 Å². The minimum Gasteiger partial charge on any atom is -0.481 e. The van der Waals surface area contributed by atoms with Crippen LogP contribution in [-0.4, -0.2) is 52.5 Å². The van der Waals surface area contributed by atoms with E-state index in [1.807, 2.05) is 0 Å². The minimum atomic E-state index is -0.793. The molecule has 4 atom stereocenters. The largest absolute Gasteiger partial charge is 0.481 e. The van der Waals surface area contributed by atoms with Gasteiger partial charge >= 0.3 is 5.97 Å². The second kappa shape index (κ2) is 8.47. The average Bonchev–Trinajstić information content (AvgIpc) is 2.33. The maximum atomic E-state index is 10.3. The number of aliphatic hydroxyl groups is 2. The van der Waals surface area contributed by atoms with Crippen molar-refractivity contribution in [3.8, 4) is 0 Å². The zero-order valence-corrected chi connectivity index (χ0v) is 11.3. The SMILES string of the molecule is CC1OC(OCCCCCCC(=O)O)C(O)CC1O. The van der Waals surface area contributed by atoms with Gasteiger partial charge in [0.1, 0.15) is 6.10 Å². The molecule has 0 aromatic carbocycles. The Morgan fingerprint density at radius 1 is 1.21 bits per heavy atom. The lowest BCUT2D eigenvalue weighted by atomic mass is 10.0. The number of hydrogen-bond acceptors (Lipinski definition) is 5. The van der Waals surface area contributed by atoms with Crippen molar-refractivity contribution in [3.05, 3.63) is 0 Å². The molecule has 6 heteroatoms. The molecule has 4 unspecified atom stereocenters. The van der Waals surface area contributed by atoms with Gasteiger partial charge in [0, 0.05) is 19.4 Å². The van der Waals surface area contributed by atoms with Crippen LogP contribution in [0.1, 0.15) is 45.4 Å². The van der Waals surface area contributed by atoms with Gasteiger partial charge in [-0.15, -0.1) is 0 Å². The second-order valence-electron chi connectivity index (χ2n) is 5.01. The normalized spacial score (nSPS) is 31.3. The summed E-state index contributed by atoms with van der Waals surface area (Å²) in [6.07, 6.45) is 1.29. The summed E-state index contributed by atoms with van der Waals surface area (Å²) in [6, 6.07) is 0. The number of unbranched alkanes of at least 4 members (excludes halogenated alkanes) is 3. The molecule has 0 aliphatic carbocycles. The molecule has 0 spiro atoms. The summed E-state index contributed by atoms with van der Waals surface area (Å²) in [7, 11) is 0. The second-order valence-corrected chi connectivity index (χ2v) is 5.01. The Hall–Kier alpha value is -0.690. The van der Waals surface area contributed by atoms with Crippen molar-refractivity contribution < 1.29 is 29.6 Å². The lowest BCUT2D eigenvalue weighted by Crippen LogP contribution is -2.47. The first-order valence-electron chi connectivity index (χ1n) is 6.85. The Balaban J connectivity index is 2.04. The predicted octanol–water partition coefficient (Wildman–Crippen LogP) is 0.895. The van der Waals surface area contributed by atoms with E-state index in [9.17, 15) is 15.0 Å². The molecule has 112 valence electrons. The molecule has 1 heterocycles. The maximum absolute atomic E-state index is 10.3. The lowest BCUT2D eigenvalue weighted by molar-refractivity contribution is -0.261. The fraction of sp³-hybridized carbons (Fsp3) is 0.923. The molecule has 1 aliphatic rings. The number of hydrogen-bond donors (Lipinski definition) is 3. The highest BCUT2D eigenvalue weighted by atomic mass is 16.7. The van der Waals surface area contributed by atoms with Gasteiger partial charge in [-0.25, -0.2) is 0 Å². The van der Waals surface area contributed by atoms with Gasteiger partial charge in [-0.1, -0.05) is 12.8 Å². The number of aliphatic carboxylic acids is 1.